The lowest BCUT2D eigenvalue weighted by Crippen LogP contribution is -2.14. The number of amides is 1. The number of ether oxygens (including phenoxy) is 1. The Hall–Kier alpha value is -2.89. The van der Waals surface area contributed by atoms with Crippen LogP contribution >= 0.6 is 0 Å². The number of nitrogens with one attached hydrogen (secondary N) is 1. The molecule has 0 spiro atoms. The minimum absolute atomic E-state index is 0.117. The summed E-state index contributed by atoms with van der Waals surface area (Å²) in [5, 5.41) is 11.6. The van der Waals surface area contributed by atoms with Crippen LogP contribution in [-0.4, -0.2) is 28.1 Å². The van der Waals surface area contributed by atoms with E-state index >= 15 is 0 Å². The quantitative estimate of drug-likeness (QED) is 0.879. The van der Waals surface area contributed by atoms with E-state index in [-0.39, 0.29) is 17.6 Å². The van der Waals surface area contributed by atoms with E-state index in [1.54, 1.807) is 24.3 Å². The Morgan fingerprint density at radius 2 is 1.92 bits per heavy atom. The SMILES string of the molecule is O=C(O)c1cccc(NC(=O)c2ccc(OC3CCCC3)nc2)c1. The highest BCUT2D eigenvalue weighted by Crippen LogP contribution is 2.23. The van der Waals surface area contributed by atoms with Crippen molar-refractivity contribution in [2.75, 3.05) is 5.32 Å². The summed E-state index contributed by atoms with van der Waals surface area (Å²) in [5.74, 6) is -0.870. The molecule has 1 aromatic carbocycles. The second-order valence-electron chi connectivity index (χ2n) is 5.75. The number of aromatic nitrogens is 1. The highest BCUT2D eigenvalue weighted by molar-refractivity contribution is 6.04. The molecule has 124 valence electrons. The van der Waals surface area contributed by atoms with Crippen LogP contribution in [0.5, 0.6) is 5.88 Å². The summed E-state index contributed by atoms with van der Waals surface area (Å²) in [6.45, 7) is 0. The number of carboxylic acid groups (broad SMARTS) is 1. The molecule has 3 rings (SSSR count). The van der Waals surface area contributed by atoms with Crippen LogP contribution in [0.4, 0.5) is 5.69 Å². The van der Waals surface area contributed by atoms with E-state index in [0.29, 0.717) is 17.1 Å². The molecule has 1 saturated carbocycles. The Labute approximate surface area is 139 Å². The van der Waals surface area contributed by atoms with Gasteiger partial charge in [0.2, 0.25) is 5.88 Å². The lowest BCUT2D eigenvalue weighted by atomic mass is 10.2. The Morgan fingerprint density at radius 3 is 2.58 bits per heavy atom. The van der Waals surface area contributed by atoms with Crippen LogP contribution < -0.4 is 10.1 Å². The van der Waals surface area contributed by atoms with Crippen molar-refractivity contribution in [1.82, 2.24) is 4.98 Å². The van der Waals surface area contributed by atoms with Gasteiger partial charge >= 0.3 is 5.97 Å². The van der Waals surface area contributed by atoms with Gasteiger partial charge in [0.15, 0.2) is 0 Å². The van der Waals surface area contributed by atoms with E-state index in [1.807, 2.05) is 0 Å². The van der Waals surface area contributed by atoms with E-state index in [1.165, 1.54) is 31.2 Å². The largest absolute Gasteiger partial charge is 0.478 e. The number of rotatable bonds is 5. The molecule has 2 aromatic rings. The number of pyridine rings is 1. The normalized spacial score (nSPS) is 14.3. The van der Waals surface area contributed by atoms with Gasteiger partial charge in [-0.25, -0.2) is 9.78 Å². The van der Waals surface area contributed by atoms with E-state index in [0.717, 1.165) is 12.8 Å². The van der Waals surface area contributed by atoms with Gasteiger partial charge in [-0.15, -0.1) is 0 Å². The van der Waals surface area contributed by atoms with Crippen molar-refractivity contribution >= 4 is 17.6 Å². The van der Waals surface area contributed by atoms with Gasteiger partial charge in [-0.2, -0.15) is 0 Å². The second-order valence-corrected chi connectivity index (χ2v) is 5.75. The summed E-state index contributed by atoms with van der Waals surface area (Å²) < 4.78 is 5.76. The molecule has 0 saturated heterocycles. The van der Waals surface area contributed by atoms with Gasteiger partial charge in [-0.1, -0.05) is 6.07 Å². The molecule has 1 fully saturated rings. The number of hydrogen-bond acceptors (Lipinski definition) is 4. The first-order chi connectivity index (χ1) is 11.6. The molecule has 1 aliphatic carbocycles. The molecule has 1 aliphatic rings. The first kappa shape index (κ1) is 16.0. The first-order valence-electron chi connectivity index (χ1n) is 7.89. The maximum atomic E-state index is 12.2. The predicted octanol–water partition coefficient (Wildman–Crippen LogP) is 3.35. The number of hydrogen-bond donors (Lipinski definition) is 2. The van der Waals surface area contributed by atoms with Crippen LogP contribution in [0.1, 0.15) is 46.4 Å². The fourth-order valence-electron chi connectivity index (χ4n) is 2.69. The molecule has 2 N–H and O–H groups in total. The van der Waals surface area contributed by atoms with Gasteiger partial charge in [-0.3, -0.25) is 4.79 Å². The maximum Gasteiger partial charge on any atom is 0.335 e. The second kappa shape index (κ2) is 7.12. The molecule has 0 aliphatic heterocycles. The Bertz CT molecular complexity index is 737. The molecule has 0 bridgehead atoms. The van der Waals surface area contributed by atoms with Gasteiger partial charge in [0, 0.05) is 18.0 Å². The van der Waals surface area contributed by atoms with E-state index in [9.17, 15) is 9.59 Å². The molecule has 24 heavy (non-hydrogen) atoms. The Kier molecular flexibility index (Phi) is 4.74. The maximum absolute atomic E-state index is 12.2. The van der Waals surface area contributed by atoms with E-state index in [2.05, 4.69) is 10.3 Å². The van der Waals surface area contributed by atoms with Gasteiger partial charge in [0.1, 0.15) is 6.10 Å². The molecule has 1 amide bonds. The van der Waals surface area contributed by atoms with Crippen molar-refractivity contribution in [3.05, 3.63) is 53.7 Å². The summed E-state index contributed by atoms with van der Waals surface area (Å²) in [4.78, 5) is 27.3. The molecular weight excluding hydrogens is 308 g/mol. The highest BCUT2D eigenvalue weighted by Gasteiger charge is 2.17. The van der Waals surface area contributed by atoms with Crippen LogP contribution in [0.25, 0.3) is 0 Å². The number of carbonyl (C=O) groups is 2. The van der Waals surface area contributed by atoms with Crippen molar-refractivity contribution in [2.24, 2.45) is 0 Å². The zero-order valence-electron chi connectivity index (χ0n) is 13.1. The molecule has 1 aromatic heterocycles. The van der Waals surface area contributed by atoms with Crippen LogP contribution in [0.3, 0.4) is 0 Å². The van der Waals surface area contributed by atoms with Gasteiger partial charge in [-0.05, 0) is 49.9 Å². The third kappa shape index (κ3) is 3.90. The first-order valence-corrected chi connectivity index (χ1v) is 7.89. The Morgan fingerprint density at radius 1 is 1.12 bits per heavy atom. The van der Waals surface area contributed by atoms with Crippen LogP contribution in [0.15, 0.2) is 42.6 Å². The summed E-state index contributed by atoms with van der Waals surface area (Å²) in [7, 11) is 0. The third-order valence-corrected chi connectivity index (χ3v) is 3.96. The summed E-state index contributed by atoms with van der Waals surface area (Å²) >= 11 is 0. The molecule has 0 radical (unpaired) electrons. The average molecular weight is 326 g/mol. The Balaban J connectivity index is 1.64. The molecule has 1 heterocycles. The minimum Gasteiger partial charge on any atom is -0.478 e. The monoisotopic (exact) mass is 326 g/mol. The third-order valence-electron chi connectivity index (χ3n) is 3.96. The smallest absolute Gasteiger partial charge is 0.335 e. The topological polar surface area (TPSA) is 88.5 Å². The highest BCUT2D eigenvalue weighted by atomic mass is 16.5. The number of carboxylic acids is 1. The molecular formula is C18H18N2O4. The fourth-order valence-corrected chi connectivity index (χ4v) is 2.69. The predicted molar refractivity (Wildman–Crippen MR) is 88.5 cm³/mol. The zero-order valence-corrected chi connectivity index (χ0v) is 13.1. The minimum atomic E-state index is -1.04. The van der Waals surface area contributed by atoms with Gasteiger partial charge < -0.3 is 15.2 Å². The van der Waals surface area contributed by atoms with E-state index < -0.39 is 5.97 Å². The molecule has 0 unspecified atom stereocenters. The van der Waals surface area contributed by atoms with Gasteiger partial charge in [0.05, 0.1) is 11.1 Å². The van der Waals surface area contributed by atoms with Crippen LogP contribution in [0.2, 0.25) is 0 Å². The van der Waals surface area contributed by atoms with Crippen molar-refractivity contribution in [3.63, 3.8) is 0 Å². The van der Waals surface area contributed by atoms with Crippen LogP contribution in [-0.2, 0) is 0 Å². The number of benzene rings is 1. The van der Waals surface area contributed by atoms with Crippen molar-refractivity contribution in [1.29, 1.82) is 0 Å². The standard InChI is InChI=1S/C18H18N2O4/c21-17(20-14-5-3-4-12(10-14)18(22)23)13-8-9-16(19-11-13)24-15-6-1-2-7-15/h3-5,8-11,15H,1-2,6-7H2,(H,20,21)(H,22,23). The number of carbonyl (C=O) groups excluding carboxylic acids is 1. The van der Waals surface area contributed by atoms with Crippen LogP contribution in [0, 0.1) is 0 Å². The summed E-state index contributed by atoms with van der Waals surface area (Å²) in [6.07, 6.45) is 6.13. The lowest BCUT2D eigenvalue weighted by Gasteiger charge is -2.12. The van der Waals surface area contributed by atoms with Crippen molar-refractivity contribution in [2.45, 2.75) is 31.8 Å². The number of anilines is 1. The molecule has 6 heteroatoms. The average Bonchev–Trinajstić information content (AvgIpc) is 3.08. The lowest BCUT2D eigenvalue weighted by molar-refractivity contribution is 0.0696. The van der Waals surface area contributed by atoms with E-state index in [4.69, 9.17) is 9.84 Å². The molecule has 0 atom stereocenters. The van der Waals surface area contributed by atoms with Gasteiger partial charge in [0.25, 0.3) is 5.91 Å². The molecule has 6 nitrogen and oxygen atoms in total. The van der Waals surface area contributed by atoms with Crippen molar-refractivity contribution < 1.29 is 19.4 Å². The zero-order chi connectivity index (χ0) is 16.9. The number of nitrogens with zero attached hydrogens (tertiary/aromatic N) is 1. The van der Waals surface area contributed by atoms with Crippen molar-refractivity contribution in [3.8, 4) is 5.88 Å². The summed E-state index contributed by atoms with van der Waals surface area (Å²) in [5.41, 5.74) is 0.923. The number of aromatic carboxylic acids is 1. The fraction of sp³-hybridized carbons (Fsp3) is 0.278. The summed E-state index contributed by atoms with van der Waals surface area (Å²) in [6, 6.07) is 9.42.